The summed E-state index contributed by atoms with van der Waals surface area (Å²) >= 11 is 0. The Kier molecular flexibility index (Phi) is 11.4. The number of amides is 4. The van der Waals surface area contributed by atoms with E-state index in [-0.39, 0.29) is 24.8 Å². The summed E-state index contributed by atoms with van der Waals surface area (Å²) in [4.78, 5) is 63.6. The molecule has 53 heavy (non-hydrogen) atoms. The Morgan fingerprint density at radius 1 is 0.943 bits per heavy atom. The van der Waals surface area contributed by atoms with Gasteiger partial charge in [0, 0.05) is 76.1 Å². The molecule has 5 aliphatic heterocycles. The molecule has 0 bridgehead atoms. The fraction of sp³-hybridized carbons (Fsp3) is 0.579. The summed E-state index contributed by atoms with van der Waals surface area (Å²) in [5.74, 6) is 0.525. The Morgan fingerprint density at radius 2 is 1.68 bits per heavy atom. The maximum Gasteiger partial charge on any atom is 0.332 e. The number of urea groups is 1. The number of benzene rings is 1. The van der Waals surface area contributed by atoms with Crippen molar-refractivity contribution in [2.45, 2.75) is 63.5 Å². The van der Waals surface area contributed by atoms with Gasteiger partial charge in [-0.3, -0.25) is 29.5 Å². The Hall–Kier alpha value is -4.76. The number of rotatable bonds is 11. The van der Waals surface area contributed by atoms with Crippen LogP contribution < -0.4 is 19.9 Å². The second kappa shape index (κ2) is 16.5. The first-order chi connectivity index (χ1) is 25.7. The molecule has 15 heteroatoms. The first-order valence-electron chi connectivity index (χ1n) is 19.0. The van der Waals surface area contributed by atoms with Gasteiger partial charge in [0.05, 0.1) is 30.7 Å². The highest BCUT2D eigenvalue weighted by Gasteiger charge is 2.31. The number of nitrogens with one attached hydrogen (secondary N) is 1. The number of carboxylic acids is 1. The summed E-state index contributed by atoms with van der Waals surface area (Å²) in [6, 6.07) is 4.16. The molecule has 5 aliphatic rings. The molecule has 1 aromatic heterocycles. The van der Waals surface area contributed by atoms with Gasteiger partial charge in [0.1, 0.15) is 5.75 Å². The van der Waals surface area contributed by atoms with Gasteiger partial charge in [-0.1, -0.05) is 0 Å². The molecule has 1 unspecified atom stereocenters. The van der Waals surface area contributed by atoms with Gasteiger partial charge in [-0.15, -0.1) is 0 Å². The number of aliphatic imine (C=N–C) groups is 1. The summed E-state index contributed by atoms with van der Waals surface area (Å²) in [6.07, 6.45) is 16.3. The highest BCUT2D eigenvalue weighted by Crippen LogP contribution is 2.33. The Morgan fingerprint density at radius 3 is 2.40 bits per heavy atom. The van der Waals surface area contributed by atoms with E-state index >= 15 is 0 Å². The molecule has 7 rings (SSSR count). The summed E-state index contributed by atoms with van der Waals surface area (Å²) < 4.78 is 7.47. The second-order valence-corrected chi connectivity index (χ2v) is 14.9. The average Bonchev–Trinajstić information content (AvgIpc) is 3.68. The van der Waals surface area contributed by atoms with Crippen molar-refractivity contribution in [3.8, 4) is 5.75 Å². The zero-order chi connectivity index (χ0) is 36.9. The third-order valence-electron chi connectivity index (χ3n) is 11.7. The molecule has 2 aromatic rings. The molecule has 0 saturated carbocycles. The number of nitrogens with zero attached hydrogens (tertiary/aromatic N) is 8. The summed E-state index contributed by atoms with van der Waals surface area (Å²) in [5, 5.41) is 16.5. The number of ether oxygens (including phenoxy) is 1. The minimum Gasteiger partial charge on any atom is -0.495 e. The lowest BCUT2D eigenvalue weighted by molar-refractivity contribution is -0.136. The van der Waals surface area contributed by atoms with Crippen LogP contribution in [0.15, 0.2) is 48.0 Å². The number of carbonyl (C=O) groups is 4. The molecule has 1 aromatic carbocycles. The van der Waals surface area contributed by atoms with Crippen molar-refractivity contribution < 1.29 is 29.0 Å². The lowest BCUT2D eigenvalue weighted by atomic mass is 9.91. The van der Waals surface area contributed by atoms with Gasteiger partial charge in [-0.2, -0.15) is 5.10 Å². The van der Waals surface area contributed by atoms with Crippen LogP contribution in [-0.4, -0.2) is 132 Å². The van der Waals surface area contributed by atoms with Gasteiger partial charge in [-0.05, 0) is 94.6 Å². The van der Waals surface area contributed by atoms with E-state index in [9.17, 15) is 24.3 Å². The van der Waals surface area contributed by atoms with Crippen LogP contribution >= 0.6 is 0 Å². The molecule has 6 heterocycles. The molecule has 15 nitrogen and oxygen atoms in total. The largest absolute Gasteiger partial charge is 0.495 e. The van der Waals surface area contributed by atoms with Crippen LogP contribution in [-0.2, 0) is 9.59 Å². The van der Waals surface area contributed by atoms with Gasteiger partial charge >= 0.3 is 12.0 Å². The molecule has 0 radical (unpaired) electrons. The number of aromatic nitrogens is 2. The SMILES string of the molecule is COc1ccc(C(=O)N2CCC(CCN3CCC(CN4CCC(n5cc(N6C=CN=CC6C(=O)O)cn5)CC4)CC3)CC2)cc1N1CCC(=O)NC1=O. The first-order valence-corrected chi connectivity index (χ1v) is 19.0. The van der Waals surface area contributed by atoms with Crippen molar-refractivity contribution in [2.24, 2.45) is 16.8 Å². The standard InChI is InChI=1S/C38H51N9O6/c1-53-34-3-2-29(22-32(34)46-20-11-35(48)41-38(46)52)36(49)44-18-7-27(8-19-44)4-13-42-14-5-28(6-15-42)25-43-16-9-30(10-17-43)47-26-31(23-40-47)45-21-12-39-24-33(45)37(50)51/h2-3,12,21-24,26-28,30,33H,4-11,13-20,25H2,1H3,(H,50,51)(H,41,48,52). The van der Waals surface area contributed by atoms with E-state index in [0.717, 1.165) is 96.1 Å². The highest BCUT2D eigenvalue weighted by molar-refractivity contribution is 6.07. The first kappa shape index (κ1) is 36.6. The number of likely N-dealkylation sites (tertiary alicyclic amines) is 3. The van der Waals surface area contributed by atoms with E-state index in [2.05, 4.69) is 25.2 Å². The zero-order valence-electron chi connectivity index (χ0n) is 30.5. The fourth-order valence-corrected chi connectivity index (χ4v) is 8.42. The smallest absolute Gasteiger partial charge is 0.332 e. The Labute approximate surface area is 310 Å². The van der Waals surface area contributed by atoms with Crippen LogP contribution in [0.3, 0.4) is 0 Å². The van der Waals surface area contributed by atoms with Crippen LogP contribution in [0.2, 0.25) is 0 Å². The van der Waals surface area contributed by atoms with Gasteiger partial charge in [0.2, 0.25) is 5.91 Å². The number of carbonyl (C=O) groups excluding carboxylic acids is 3. The number of hydrogen-bond acceptors (Lipinski definition) is 10. The van der Waals surface area contributed by atoms with Crippen LogP contribution in [0.25, 0.3) is 0 Å². The molecule has 0 spiro atoms. The third kappa shape index (κ3) is 8.57. The number of aliphatic carboxylic acids is 1. The fourth-order valence-electron chi connectivity index (χ4n) is 8.42. The van der Waals surface area contributed by atoms with Crippen molar-refractivity contribution in [1.29, 1.82) is 0 Å². The number of anilines is 2. The van der Waals surface area contributed by atoms with Crippen LogP contribution in [0.5, 0.6) is 5.75 Å². The Balaban J connectivity index is 0.799. The second-order valence-electron chi connectivity index (χ2n) is 14.9. The van der Waals surface area contributed by atoms with E-state index in [1.54, 1.807) is 41.7 Å². The van der Waals surface area contributed by atoms with E-state index in [1.165, 1.54) is 31.1 Å². The summed E-state index contributed by atoms with van der Waals surface area (Å²) in [7, 11) is 1.53. The molecular weight excluding hydrogens is 678 g/mol. The van der Waals surface area contributed by atoms with Gasteiger partial charge in [-0.25, -0.2) is 9.59 Å². The van der Waals surface area contributed by atoms with Gasteiger partial charge < -0.3 is 29.4 Å². The lowest BCUT2D eigenvalue weighted by Gasteiger charge is -2.38. The Bertz CT molecular complexity index is 1700. The highest BCUT2D eigenvalue weighted by atomic mass is 16.5. The quantitative estimate of drug-likeness (QED) is 0.352. The molecule has 0 aliphatic carbocycles. The van der Waals surface area contributed by atoms with E-state index < -0.39 is 18.0 Å². The maximum absolute atomic E-state index is 13.5. The monoisotopic (exact) mass is 729 g/mol. The van der Waals surface area contributed by atoms with E-state index in [0.29, 0.717) is 29.0 Å². The van der Waals surface area contributed by atoms with Crippen LogP contribution in [0.4, 0.5) is 16.2 Å². The lowest BCUT2D eigenvalue weighted by Crippen LogP contribution is -2.49. The molecule has 1 atom stereocenters. The normalized spacial score (nSPS) is 22.7. The average molecular weight is 730 g/mol. The molecule has 4 fully saturated rings. The maximum atomic E-state index is 13.5. The predicted octanol–water partition coefficient (Wildman–Crippen LogP) is 3.44. The van der Waals surface area contributed by atoms with Crippen molar-refractivity contribution in [2.75, 3.05) is 75.8 Å². The van der Waals surface area contributed by atoms with E-state index in [1.807, 2.05) is 15.8 Å². The molecule has 284 valence electrons. The molecule has 2 N–H and O–H groups in total. The minimum atomic E-state index is -0.938. The topological polar surface area (TPSA) is 156 Å². The van der Waals surface area contributed by atoms with Crippen molar-refractivity contribution in [3.63, 3.8) is 0 Å². The number of carboxylic acid groups (broad SMARTS) is 1. The third-order valence-corrected chi connectivity index (χ3v) is 11.7. The molecule has 4 saturated heterocycles. The van der Waals surface area contributed by atoms with Crippen molar-refractivity contribution >= 4 is 41.4 Å². The van der Waals surface area contributed by atoms with Crippen molar-refractivity contribution in [3.05, 3.63) is 48.6 Å². The molecule has 4 amide bonds. The number of imide groups is 1. The van der Waals surface area contributed by atoms with Gasteiger partial charge in [0.25, 0.3) is 5.91 Å². The number of piperidine rings is 3. The summed E-state index contributed by atoms with van der Waals surface area (Å²) in [6.45, 7) is 8.33. The van der Waals surface area contributed by atoms with Gasteiger partial charge in [0.15, 0.2) is 6.04 Å². The summed E-state index contributed by atoms with van der Waals surface area (Å²) in [5.41, 5.74) is 1.77. The van der Waals surface area contributed by atoms with Crippen molar-refractivity contribution in [1.82, 2.24) is 29.8 Å². The van der Waals surface area contributed by atoms with Crippen LogP contribution in [0, 0.1) is 11.8 Å². The van der Waals surface area contributed by atoms with E-state index in [4.69, 9.17) is 4.74 Å². The predicted molar refractivity (Wildman–Crippen MR) is 199 cm³/mol. The molecular formula is C38H51N9O6. The number of hydrogen-bond donors (Lipinski definition) is 2. The van der Waals surface area contributed by atoms with Crippen LogP contribution in [0.1, 0.15) is 67.8 Å². The minimum absolute atomic E-state index is 0.0420. The zero-order valence-corrected chi connectivity index (χ0v) is 30.5. The number of methoxy groups -OCH3 is 1.